The van der Waals surface area contributed by atoms with Crippen molar-refractivity contribution in [1.82, 2.24) is 0 Å². The monoisotopic (exact) mass is 185 g/mol. The molecule has 68 valence electrons. The molecule has 12 heavy (non-hydrogen) atoms. The molecule has 3 heteroatoms. The van der Waals surface area contributed by atoms with Gasteiger partial charge in [0.2, 0.25) is 0 Å². The summed E-state index contributed by atoms with van der Waals surface area (Å²) >= 11 is 1.70. The Balaban J connectivity index is 2.94. The molecular formula is C9H15NOS. The highest BCUT2D eigenvalue weighted by atomic mass is 32.1. The molecule has 3 N–H and O–H groups in total. The van der Waals surface area contributed by atoms with E-state index in [9.17, 15) is 5.11 Å². The van der Waals surface area contributed by atoms with Gasteiger partial charge in [0.1, 0.15) is 0 Å². The number of rotatable bonds is 3. The van der Waals surface area contributed by atoms with Crippen molar-refractivity contribution in [2.24, 2.45) is 5.73 Å². The van der Waals surface area contributed by atoms with Crippen molar-refractivity contribution in [1.29, 1.82) is 0 Å². The quantitative estimate of drug-likeness (QED) is 0.745. The number of thiophene rings is 1. The summed E-state index contributed by atoms with van der Waals surface area (Å²) in [6.45, 7) is 4.65. The molecule has 1 aromatic heterocycles. The van der Waals surface area contributed by atoms with Gasteiger partial charge in [0.15, 0.2) is 0 Å². The first-order valence-electron chi connectivity index (χ1n) is 4.00. The first-order chi connectivity index (χ1) is 5.62. The summed E-state index contributed by atoms with van der Waals surface area (Å²) in [5, 5.41) is 9.17. The van der Waals surface area contributed by atoms with Crippen molar-refractivity contribution in [3.63, 3.8) is 0 Å². The number of hydrogen-bond acceptors (Lipinski definition) is 3. The Bertz CT molecular complexity index is 253. The summed E-state index contributed by atoms with van der Waals surface area (Å²) < 4.78 is 0. The average molecular weight is 185 g/mol. The Labute approximate surface area is 77.0 Å². The van der Waals surface area contributed by atoms with Gasteiger partial charge >= 0.3 is 0 Å². The lowest BCUT2D eigenvalue weighted by Gasteiger charge is -2.23. The van der Waals surface area contributed by atoms with E-state index in [1.54, 1.807) is 11.3 Å². The molecule has 1 atom stereocenters. The SMILES string of the molecule is Cc1ccc(C(C)(CN)CO)s1. The smallest absolute Gasteiger partial charge is 0.0545 e. The third-order valence-electron chi connectivity index (χ3n) is 2.13. The maximum absolute atomic E-state index is 9.17. The van der Waals surface area contributed by atoms with Crippen molar-refractivity contribution < 1.29 is 5.11 Å². The summed E-state index contributed by atoms with van der Waals surface area (Å²) in [5.41, 5.74) is 5.35. The fourth-order valence-corrected chi connectivity index (χ4v) is 2.02. The molecule has 0 saturated heterocycles. The Kier molecular flexibility index (Phi) is 2.88. The molecule has 0 amide bonds. The largest absolute Gasteiger partial charge is 0.395 e. The highest BCUT2D eigenvalue weighted by Crippen LogP contribution is 2.28. The van der Waals surface area contributed by atoms with Crippen molar-refractivity contribution in [3.8, 4) is 0 Å². The number of aliphatic hydroxyl groups is 1. The zero-order chi connectivity index (χ0) is 9.19. The van der Waals surface area contributed by atoms with E-state index in [-0.39, 0.29) is 12.0 Å². The molecule has 1 unspecified atom stereocenters. The lowest BCUT2D eigenvalue weighted by atomic mass is 9.90. The molecule has 0 aliphatic carbocycles. The van der Waals surface area contributed by atoms with Gasteiger partial charge < -0.3 is 10.8 Å². The molecule has 0 bridgehead atoms. The molecule has 1 rings (SSSR count). The second-order valence-electron chi connectivity index (χ2n) is 3.33. The van der Waals surface area contributed by atoms with Gasteiger partial charge in [-0.1, -0.05) is 6.92 Å². The van der Waals surface area contributed by atoms with E-state index in [4.69, 9.17) is 5.73 Å². The van der Waals surface area contributed by atoms with Gasteiger partial charge in [0, 0.05) is 21.7 Å². The van der Waals surface area contributed by atoms with Crippen LogP contribution in [0.2, 0.25) is 0 Å². The minimum absolute atomic E-state index is 0.115. The van der Waals surface area contributed by atoms with Gasteiger partial charge in [-0.2, -0.15) is 0 Å². The lowest BCUT2D eigenvalue weighted by molar-refractivity contribution is 0.213. The molecule has 0 saturated carbocycles. The highest BCUT2D eigenvalue weighted by molar-refractivity contribution is 7.12. The van der Waals surface area contributed by atoms with Crippen LogP contribution in [0.3, 0.4) is 0 Å². The molecule has 1 aromatic rings. The zero-order valence-electron chi connectivity index (χ0n) is 7.50. The molecule has 0 spiro atoms. The summed E-state index contributed by atoms with van der Waals surface area (Å²) in [4.78, 5) is 2.43. The van der Waals surface area contributed by atoms with Crippen LogP contribution in [0, 0.1) is 6.92 Å². The topological polar surface area (TPSA) is 46.2 Å². The molecule has 0 fully saturated rings. The molecule has 0 aliphatic heterocycles. The summed E-state index contributed by atoms with van der Waals surface area (Å²) in [6, 6.07) is 4.10. The molecule has 0 aromatic carbocycles. The summed E-state index contributed by atoms with van der Waals surface area (Å²) in [7, 11) is 0. The van der Waals surface area contributed by atoms with Crippen LogP contribution in [0.25, 0.3) is 0 Å². The van der Waals surface area contributed by atoms with Gasteiger partial charge in [0.05, 0.1) is 6.61 Å². The predicted molar refractivity (Wildman–Crippen MR) is 52.5 cm³/mol. The summed E-state index contributed by atoms with van der Waals surface area (Å²) in [6.07, 6.45) is 0. The second-order valence-corrected chi connectivity index (χ2v) is 4.62. The molecule has 2 nitrogen and oxygen atoms in total. The average Bonchev–Trinajstić information content (AvgIpc) is 2.51. The van der Waals surface area contributed by atoms with Crippen molar-refractivity contribution in [2.75, 3.05) is 13.2 Å². The molecule has 1 heterocycles. The summed E-state index contributed by atoms with van der Waals surface area (Å²) in [5.74, 6) is 0. The van der Waals surface area contributed by atoms with Crippen LogP contribution >= 0.6 is 11.3 Å². The maximum Gasteiger partial charge on any atom is 0.0545 e. The fourth-order valence-electron chi connectivity index (χ4n) is 1.00. The molecule has 0 aliphatic rings. The third-order valence-corrected chi connectivity index (χ3v) is 3.44. The van der Waals surface area contributed by atoms with Crippen LogP contribution in [0.15, 0.2) is 12.1 Å². The van der Waals surface area contributed by atoms with E-state index in [0.717, 1.165) is 0 Å². The fraction of sp³-hybridized carbons (Fsp3) is 0.556. The third kappa shape index (κ3) is 1.68. The lowest BCUT2D eigenvalue weighted by Crippen LogP contribution is -2.34. The van der Waals surface area contributed by atoms with Gasteiger partial charge in [-0.25, -0.2) is 0 Å². The minimum atomic E-state index is -0.251. The van der Waals surface area contributed by atoms with Crippen molar-refractivity contribution in [2.45, 2.75) is 19.3 Å². The van der Waals surface area contributed by atoms with Crippen LogP contribution in [0.4, 0.5) is 0 Å². The Morgan fingerprint density at radius 3 is 2.58 bits per heavy atom. The van der Waals surface area contributed by atoms with Gasteiger partial charge in [-0.05, 0) is 19.1 Å². The number of aliphatic hydroxyl groups excluding tert-OH is 1. The van der Waals surface area contributed by atoms with Crippen LogP contribution in [-0.4, -0.2) is 18.3 Å². The van der Waals surface area contributed by atoms with Crippen LogP contribution < -0.4 is 5.73 Å². The van der Waals surface area contributed by atoms with Crippen molar-refractivity contribution in [3.05, 3.63) is 21.9 Å². The van der Waals surface area contributed by atoms with Gasteiger partial charge in [0.25, 0.3) is 0 Å². The zero-order valence-corrected chi connectivity index (χ0v) is 8.32. The Hall–Kier alpha value is -0.380. The number of nitrogens with two attached hydrogens (primary N) is 1. The number of hydrogen-bond donors (Lipinski definition) is 2. The van der Waals surface area contributed by atoms with Gasteiger partial charge in [-0.15, -0.1) is 11.3 Å². The minimum Gasteiger partial charge on any atom is -0.395 e. The van der Waals surface area contributed by atoms with E-state index in [1.165, 1.54) is 9.75 Å². The Morgan fingerprint density at radius 2 is 2.25 bits per heavy atom. The van der Waals surface area contributed by atoms with E-state index in [2.05, 4.69) is 13.0 Å². The normalized spacial score (nSPS) is 16.0. The number of aryl methyl sites for hydroxylation is 1. The van der Waals surface area contributed by atoms with Crippen LogP contribution in [0.5, 0.6) is 0 Å². The first-order valence-corrected chi connectivity index (χ1v) is 4.82. The van der Waals surface area contributed by atoms with Crippen LogP contribution in [-0.2, 0) is 5.41 Å². The van der Waals surface area contributed by atoms with Crippen molar-refractivity contribution >= 4 is 11.3 Å². The van der Waals surface area contributed by atoms with Crippen LogP contribution in [0.1, 0.15) is 16.7 Å². The van der Waals surface area contributed by atoms with E-state index in [1.807, 2.05) is 13.0 Å². The van der Waals surface area contributed by atoms with E-state index < -0.39 is 0 Å². The maximum atomic E-state index is 9.17. The molecule has 0 radical (unpaired) electrons. The molecular weight excluding hydrogens is 170 g/mol. The van der Waals surface area contributed by atoms with Gasteiger partial charge in [-0.3, -0.25) is 0 Å². The second kappa shape index (κ2) is 3.56. The van der Waals surface area contributed by atoms with E-state index in [0.29, 0.717) is 6.54 Å². The predicted octanol–water partition coefficient (Wildman–Crippen LogP) is 1.27. The standard InChI is InChI=1S/C9H15NOS/c1-7-3-4-8(12-7)9(2,5-10)6-11/h3-4,11H,5-6,10H2,1-2H3. The first kappa shape index (κ1) is 9.71. The highest BCUT2D eigenvalue weighted by Gasteiger charge is 2.25. The van der Waals surface area contributed by atoms with E-state index >= 15 is 0 Å². The Morgan fingerprint density at radius 1 is 1.58 bits per heavy atom.